The number of thiophene rings is 1. The third-order valence-electron chi connectivity index (χ3n) is 5.61. The quantitative estimate of drug-likeness (QED) is 0.668. The van der Waals surface area contributed by atoms with Crippen molar-refractivity contribution in [2.75, 3.05) is 26.2 Å². The maximum atomic E-state index is 12.1. The lowest BCUT2D eigenvalue weighted by atomic mass is 9.79. The number of hydrogen-bond acceptors (Lipinski definition) is 6. The Morgan fingerprint density at radius 2 is 2.12 bits per heavy atom. The summed E-state index contributed by atoms with van der Waals surface area (Å²) in [7, 11) is 1.83. The van der Waals surface area contributed by atoms with Gasteiger partial charge in [0.05, 0.1) is 5.60 Å². The molecule has 0 bridgehead atoms. The van der Waals surface area contributed by atoms with Gasteiger partial charge in [-0.2, -0.15) is 24.5 Å². The van der Waals surface area contributed by atoms with Crippen LogP contribution >= 0.6 is 11.3 Å². The van der Waals surface area contributed by atoms with Gasteiger partial charge < -0.3 is 19.7 Å². The molecule has 12 heteroatoms. The van der Waals surface area contributed by atoms with E-state index in [1.165, 1.54) is 5.56 Å². The van der Waals surface area contributed by atoms with E-state index >= 15 is 0 Å². The molecule has 176 valence electrons. The first-order chi connectivity index (χ1) is 15.1. The Labute approximate surface area is 187 Å². The first kappa shape index (κ1) is 24.2. The molecule has 1 unspecified atom stereocenters. The van der Waals surface area contributed by atoms with Crippen molar-refractivity contribution in [3.8, 4) is 0 Å². The molecule has 2 saturated heterocycles. The number of ether oxygens (including phenoxy) is 1. The first-order valence-electron chi connectivity index (χ1n) is 10.0. The second-order valence-electron chi connectivity index (χ2n) is 7.88. The van der Waals surface area contributed by atoms with Crippen molar-refractivity contribution in [2.45, 2.75) is 31.2 Å². The topological polar surface area (TPSA) is 96.7 Å². The van der Waals surface area contributed by atoms with E-state index in [4.69, 9.17) is 14.6 Å². The number of alkyl halides is 3. The lowest BCUT2D eigenvalue weighted by molar-refractivity contribution is -0.192. The molecular weight excluding hydrogens is 449 g/mol. The third kappa shape index (κ3) is 5.87. The third-order valence-corrected chi connectivity index (χ3v) is 6.35. The van der Waals surface area contributed by atoms with E-state index < -0.39 is 12.1 Å². The van der Waals surface area contributed by atoms with Crippen LogP contribution < -0.4 is 5.32 Å². The molecule has 4 rings (SSSR count). The summed E-state index contributed by atoms with van der Waals surface area (Å²) in [5, 5.41) is 14.5. The Morgan fingerprint density at radius 1 is 1.41 bits per heavy atom. The second-order valence-corrected chi connectivity index (χ2v) is 8.66. The molecule has 2 fully saturated rings. The number of rotatable bonds is 6. The molecule has 0 saturated carbocycles. The Morgan fingerprint density at radius 3 is 2.69 bits per heavy atom. The van der Waals surface area contributed by atoms with E-state index in [0.717, 1.165) is 39.1 Å². The SMILES string of the molecule is Cn1ccnc1C(=O)NCCC1CCOC12CN(Cc1ccsc1)C2.O=C(O)C(F)(F)F. The predicted octanol–water partition coefficient (Wildman–Crippen LogP) is 2.53. The first-order valence-corrected chi connectivity index (χ1v) is 11.0. The van der Waals surface area contributed by atoms with Crippen LogP contribution in [0.3, 0.4) is 0 Å². The predicted molar refractivity (Wildman–Crippen MR) is 110 cm³/mol. The summed E-state index contributed by atoms with van der Waals surface area (Å²) in [6, 6.07) is 2.19. The number of hydrogen-bond donors (Lipinski definition) is 2. The van der Waals surface area contributed by atoms with Gasteiger partial charge in [-0.1, -0.05) is 0 Å². The number of aliphatic carboxylic acids is 1. The molecule has 2 N–H and O–H groups in total. The highest BCUT2D eigenvalue weighted by Gasteiger charge is 2.52. The minimum atomic E-state index is -5.08. The van der Waals surface area contributed by atoms with Crippen molar-refractivity contribution in [2.24, 2.45) is 13.0 Å². The summed E-state index contributed by atoms with van der Waals surface area (Å²) in [6.07, 6.45) is 0.392. The second kappa shape index (κ2) is 10.0. The number of halogens is 3. The number of carbonyl (C=O) groups excluding carboxylic acids is 1. The Balaban J connectivity index is 0.000000360. The molecule has 4 heterocycles. The molecule has 0 aliphatic carbocycles. The number of carboxylic acid groups (broad SMARTS) is 1. The highest BCUT2D eigenvalue weighted by Crippen LogP contribution is 2.42. The van der Waals surface area contributed by atoms with Gasteiger partial charge in [0, 0.05) is 52.2 Å². The van der Waals surface area contributed by atoms with Crippen molar-refractivity contribution in [1.29, 1.82) is 0 Å². The van der Waals surface area contributed by atoms with E-state index in [-0.39, 0.29) is 11.5 Å². The number of likely N-dealkylation sites (tertiary alicyclic amines) is 1. The van der Waals surface area contributed by atoms with Gasteiger partial charge in [-0.05, 0) is 41.1 Å². The van der Waals surface area contributed by atoms with Gasteiger partial charge in [0.15, 0.2) is 5.82 Å². The van der Waals surface area contributed by atoms with Gasteiger partial charge >= 0.3 is 12.1 Å². The molecule has 1 spiro atoms. The monoisotopic (exact) mass is 474 g/mol. The highest BCUT2D eigenvalue weighted by molar-refractivity contribution is 7.07. The zero-order valence-corrected chi connectivity index (χ0v) is 18.3. The van der Waals surface area contributed by atoms with Crippen LogP contribution in [0.1, 0.15) is 29.0 Å². The lowest BCUT2D eigenvalue weighted by Gasteiger charge is -2.50. The van der Waals surface area contributed by atoms with Gasteiger partial charge in [-0.3, -0.25) is 9.69 Å². The minimum absolute atomic E-state index is 0.00394. The highest BCUT2D eigenvalue weighted by atomic mass is 32.1. The summed E-state index contributed by atoms with van der Waals surface area (Å²) in [5.74, 6) is -1.88. The molecule has 2 aliphatic rings. The average molecular weight is 475 g/mol. The van der Waals surface area contributed by atoms with Gasteiger partial charge in [0.25, 0.3) is 5.91 Å². The molecule has 2 aliphatic heterocycles. The fraction of sp³-hybridized carbons (Fsp3) is 0.550. The fourth-order valence-corrected chi connectivity index (χ4v) is 4.69. The van der Waals surface area contributed by atoms with Crippen LogP contribution in [0.5, 0.6) is 0 Å². The van der Waals surface area contributed by atoms with E-state index in [0.29, 0.717) is 18.3 Å². The van der Waals surface area contributed by atoms with E-state index in [2.05, 4.69) is 32.0 Å². The Hall–Kier alpha value is -2.44. The van der Waals surface area contributed by atoms with Crippen LogP contribution in [0, 0.1) is 5.92 Å². The number of nitrogens with one attached hydrogen (secondary N) is 1. The maximum absolute atomic E-state index is 12.1. The van der Waals surface area contributed by atoms with Crippen molar-refractivity contribution >= 4 is 23.2 Å². The van der Waals surface area contributed by atoms with Crippen molar-refractivity contribution in [1.82, 2.24) is 19.8 Å². The van der Waals surface area contributed by atoms with Crippen LogP contribution in [-0.4, -0.2) is 69.5 Å². The fourth-order valence-electron chi connectivity index (χ4n) is 4.03. The molecule has 8 nitrogen and oxygen atoms in total. The number of nitrogens with zero attached hydrogens (tertiary/aromatic N) is 3. The van der Waals surface area contributed by atoms with Crippen LogP contribution in [0.4, 0.5) is 13.2 Å². The molecule has 32 heavy (non-hydrogen) atoms. The molecule has 1 atom stereocenters. The Kier molecular flexibility index (Phi) is 7.57. The number of carbonyl (C=O) groups is 2. The zero-order chi connectivity index (χ0) is 23.4. The summed E-state index contributed by atoms with van der Waals surface area (Å²) in [5.41, 5.74) is 1.39. The summed E-state index contributed by atoms with van der Waals surface area (Å²) < 4.78 is 39.6. The minimum Gasteiger partial charge on any atom is -0.475 e. The largest absolute Gasteiger partial charge is 0.490 e. The average Bonchev–Trinajstić information content (AvgIpc) is 3.43. The number of carboxylic acids is 1. The van der Waals surface area contributed by atoms with E-state index in [1.54, 1.807) is 28.3 Å². The van der Waals surface area contributed by atoms with Gasteiger partial charge in [-0.25, -0.2) is 9.78 Å². The van der Waals surface area contributed by atoms with Crippen LogP contribution in [0.2, 0.25) is 0 Å². The van der Waals surface area contributed by atoms with Crippen LogP contribution in [-0.2, 0) is 23.1 Å². The van der Waals surface area contributed by atoms with Crippen molar-refractivity contribution in [3.63, 3.8) is 0 Å². The summed E-state index contributed by atoms with van der Waals surface area (Å²) >= 11 is 1.75. The van der Waals surface area contributed by atoms with Gasteiger partial charge in [0.2, 0.25) is 0 Å². The maximum Gasteiger partial charge on any atom is 0.490 e. The van der Waals surface area contributed by atoms with E-state index in [9.17, 15) is 18.0 Å². The molecular formula is C20H25F3N4O4S. The van der Waals surface area contributed by atoms with Gasteiger partial charge in [-0.15, -0.1) is 0 Å². The molecule has 1 amide bonds. The van der Waals surface area contributed by atoms with Gasteiger partial charge in [0.1, 0.15) is 0 Å². The van der Waals surface area contributed by atoms with Crippen molar-refractivity contribution in [3.05, 3.63) is 40.6 Å². The molecule has 0 aromatic carbocycles. The number of aryl methyl sites for hydroxylation is 1. The molecule has 2 aromatic rings. The standard InChI is InChI=1S/C18H24N4O2S.C2HF3O2/c1-21-7-6-19-16(21)17(23)20-5-2-15-3-8-24-18(15)12-22(13-18)10-14-4-9-25-11-14;3-2(4,5)1(6)7/h4,6-7,9,11,15H,2-3,5,8,10,12-13H2,1H3,(H,20,23);(H,6,7). The number of aromatic nitrogens is 2. The molecule has 0 radical (unpaired) electrons. The van der Waals surface area contributed by atoms with E-state index in [1.807, 2.05) is 7.05 Å². The van der Waals surface area contributed by atoms with Crippen LogP contribution in [0.25, 0.3) is 0 Å². The number of imidazole rings is 1. The van der Waals surface area contributed by atoms with Crippen molar-refractivity contribution < 1.29 is 32.6 Å². The zero-order valence-electron chi connectivity index (χ0n) is 17.5. The lowest BCUT2D eigenvalue weighted by Crippen LogP contribution is -2.64. The Bertz CT molecular complexity index is 910. The van der Waals surface area contributed by atoms with Crippen LogP contribution in [0.15, 0.2) is 29.2 Å². The molecule has 2 aromatic heterocycles. The normalized spacial score (nSPS) is 19.8. The summed E-state index contributed by atoms with van der Waals surface area (Å²) in [4.78, 5) is 27.6. The number of amides is 1. The summed E-state index contributed by atoms with van der Waals surface area (Å²) in [6.45, 7) is 4.52. The smallest absolute Gasteiger partial charge is 0.475 e.